The van der Waals surface area contributed by atoms with Gasteiger partial charge in [0.1, 0.15) is 11.9 Å². The smallest absolute Gasteiger partial charge is 0.140 e. The number of hydrogen-bond acceptors (Lipinski definition) is 2. The highest BCUT2D eigenvalue weighted by molar-refractivity contribution is 5.35. The molecule has 0 unspecified atom stereocenters. The van der Waals surface area contributed by atoms with Crippen LogP contribution < -0.4 is 0 Å². The van der Waals surface area contributed by atoms with Crippen molar-refractivity contribution in [2.24, 2.45) is 0 Å². The van der Waals surface area contributed by atoms with Gasteiger partial charge in [0.2, 0.25) is 0 Å². The van der Waals surface area contributed by atoms with Crippen molar-refractivity contribution in [2.75, 3.05) is 0 Å². The van der Waals surface area contributed by atoms with Crippen LogP contribution in [-0.4, -0.2) is 0 Å². The molecule has 0 amide bonds. The fraction of sp³-hybridized carbons (Fsp3) is 0.462. The largest absolute Gasteiger partial charge is 0.206 e. The van der Waals surface area contributed by atoms with E-state index in [9.17, 15) is 9.65 Å². The quantitative estimate of drug-likeness (QED) is 0.509. The highest BCUT2D eigenvalue weighted by Crippen LogP contribution is 2.31. The number of benzene rings is 2. The van der Waals surface area contributed by atoms with E-state index in [0.717, 1.165) is 31.2 Å². The minimum atomic E-state index is -0.440. The monoisotopic (exact) mass is 394 g/mol. The fourth-order valence-corrected chi connectivity index (χ4v) is 3.04. The molecule has 0 aliphatic carbocycles. The molecular weight excluding hydrogens is 359 g/mol. The van der Waals surface area contributed by atoms with Crippen molar-refractivity contribution in [1.29, 1.82) is 10.5 Å². The highest BCUT2D eigenvalue weighted by Gasteiger charge is 2.27. The van der Waals surface area contributed by atoms with Gasteiger partial charge < -0.3 is 0 Å². The van der Waals surface area contributed by atoms with Gasteiger partial charge in [0.05, 0.1) is 17.0 Å². The third-order valence-corrected chi connectivity index (χ3v) is 5.03. The van der Waals surface area contributed by atoms with Gasteiger partial charge in [0, 0.05) is 0 Å². The lowest BCUT2D eigenvalue weighted by Crippen LogP contribution is -2.21. The summed E-state index contributed by atoms with van der Waals surface area (Å²) in [4.78, 5) is 0. The lowest BCUT2D eigenvalue weighted by Gasteiger charge is -2.24. The summed E-state index contributed by atoms with van der Waals surface area (Å²) in [7, 11) is 0. The zero-order valence-corrected chi connectivity index (χ0v) is 18.8. The maximum atomic E-state index is 12.7. The first-order valence-corrected chi connectivity index (χ1v) is 10.7. The molecule has 2 rings (SSSR count). The van der Waals surface area contributed by atoms with E-state index < -0.39 is 5.82 Å². The Balaban J connectivity index is 0.000000526. The predicted molar refractivity (Wildman–Crippen MR) is 120 cm³/mol. The van der Waals surface area contributed by atoms with Gasteiger partial charge in [-0.3, -0.25) is 0 Å². The Hall–Kier alpha value is -2.65. The second-order valence-electron chi connectivity index (χ2n) is 6.63. The second-order valence-corrected chi connectivity index (χ2v) is 6.63. The van der Waals surface area contributed by atoms with Crippen molar-refractivity contribution >= 4 is 0 Å². The van der Waals surface area contributed by atoms with Gasteiger partial charge in [-0.1, -0.05) is 78.3 Å². The second kappa shape index (κ2) is 14.4. The Kier molecular flexibility index (Phi) is 13.0. The van der Waals surface area contributed by atoms with Crippen LogP contribution in [0.25, 0.3) is 0 Å². The molecule has 0 aliphatic heterocycles. The number of hydrogen-bond donors (Lipinski definition) is 0. The SMILES string of the molecule is CC.CCCc1ccc(C(C#N)(CC)CC)cc1.CCc1ccc(F)c(C#N)c1. The normalized spacial score (nSPS) is 9.83. The summed E-state index contributed by atoms with van der Waals surface area (Å²) in [5, 5.41) is 17.8. The maximum absolute atomic E-state index is 12.7. The van der Waals surface area contributed by atoms with Crippen molar-refractivity contribution in [2.45, 2.75) is 79.1 Å². The number of aryl methyl sites for hydroxylation is 2. The first-order valence-electron chi connectivity index (χ1n) is 10.7. The van der Waals surface area contributed by atoms with Gasteiger partial charge in [-0.15, -0.1) is 0 Å². The number of rotatable bonds is 6. The molecule has 2 nitrogen and oxygen atoms in total. The van der Waals surface area contributed by atoms with Crippen LogP contribution in [0.4, 0.5) is 4.39 Å². The summed E-state index contributed by atoms with van der Waals surface area (Å²) in [5.74, 6) is -0.440. The minimum Gasteiger partial charge on any atom is -0.206 e. The van der Waals surface area contributed by atoms with E-state index >= 15 is 0 Å². The van der Waals surface area contributed by atoms with E-state index in [1.165, 1.54) is 23.6 Å². The van der Waals surface area contributed by atoms with Crippen LogP contribution in [0, 0.1) is 28.5 Å². The topological polar surface area (TPSA) is 47.6 Å². The zero-order chi connectivity index (χ0) is 22.3. The van der Waals surface area contributed by atoms with E-state index in [4.69, 9.17) is 5.26 Å². The predicted octanol–water partition coefficient (Wildman–Crippen LogP) is 7.51. The average Bonchev–Trinajstić information content (AvgIpc) is 2.79. The summed E-state index contributed by atoms with van der Waals surface area (Å²) >= 11 is 0. The molecule has 0 aromatic heterocycles. The molecular formula is C26H35FN2. The fourth-order valence-electron chi connectivity index (χ4n) is 3.04. The van der Waals surface area contributed by atoms with Crippen LogP contribution in [0.3, 0.4) is 0 Å². The molecule has 0 radical (unpaired) electrons. The first kappa shape index (κ1) is 26.4. The lowest BCUT2D eigenvalue weighted by atomic mass is 9.77. The first-order chi connectivity index (χ1) is 14.0. The molecule has 0 atom stereocenters. The molecule has 0 aliphatic rings. The van der Waals surface area contributed by atoms with Crippen molar-refractivity contribution in [1.82, 2.24) is 0 Å². The Labute approximate surface area is 177 Å². The zero-order valence-electron chi connectivity index (χ0n) is 18.8. The molecule has 0 N–H and O–H groups in total. The third-order valence-electron chi connectivity index (χ3n) is 5.03. The summed E-state index contributed by atoms with van der Waals surface area (Å²) in [6.07, 6.45) is 4.89. The minimum absolute atomic E-state index is 0.129. The summed E-state index contributed by atoms with van der Waals surface area (Å²) < 4.78 is 12.7. The third kappa shape index (κ3) is 7.71. The molecule has 0 bridgehead atoms. The Bertz CT molecular complexity index is 791. The van der Waals surface area contributed by atoms with Crippen molar-refractivity contribution < 1.29 is 4.39 Å². The molecule has 0 heterocycles. The van der Waals surface area contributed by atoms with Crippen LogP contribution in [0.15, 0.2) is 42.5 Å². The highest BCUT2D eigenvalue weighted by atomic mass is 19.1. The van der Waals surface area contributed by atoms with E-state index in [2.05, 4.69) is 51.1 Å². The molecule has 0 fully saturated rings. The summed E-state index contributed by atoms with van der Waals surface area (Å²) in [6, 6.07) is 17.5. The van der Waals surface area contributed by atoms with E-state index in [0.29, 0.717) is 0 Å². The molecule has 2 aromatic rings. The Morgan fingerprint density at radius 3 is 1.83 bits per heavy atom. The Morgan fingerprint density at radius 1 is 0.862 bits per heavy atom. The van der Waals surface area contributed by atoms with Crippen LogP contribution >= 0.6 is 0 Å². The maximum Gasteiger partial charge on any atom is 0.140 e. The van der Waals surface area contributed by atoms with Crippen LogP contribution in [0.5, 0.6) is 0 Å². The van der Waals surface area contributed by atoms with Gasteiger partial charge in [0.15, 0.2) is 0 Å². The van der Waals surface area contributed by atoms with Crippen molar-refractivity contribution in [3.8, 4) is 12.1 Å². The molecule has 3 heteroatoms. The van der Waals surface area contributed by atoms with Crippen molar-refractivity contribution in [3.63, 3.8) is 0 Å². The van der Waals surface area contributed by atoms with Crippen molar-refractivity contribution in [3.05, 3.63) is 70.5 Å². The Morgan fingerprint density at radius 2 is 1.41 bits per heavy atom. The summed E-state index contributed by atoms with van der Waals surface area (Å²) in [6.45, 7) is 12.3. The van der Waals surface area contributed by atoms with Gasteiger partial charge in [-0.05, 0) is 54.5 Å². The van der Waals surface area contributed by atoms with Gasteiger partial charge in [-0.25, -0.2) is 4.39 Å². The lowest BCUT2D eigenvalue weighted by molar-refractivity contribution is 0.511. The molecule has 156 valence electrons. The molecule has 29 heavy (non-hydrogen) atoms. The molecule has 0 saturated carbocycles. The summed E-state index contributed by atoms with van der Waals surface area (Å²) in [5.41, 5.74) is 3.36. The van der Waals surface area contributed by atoms with Gasteiger partial charge in [-0.2, -0.15) is 10.5 Å². The van der Waals surface area contributed by atoms with Crippen LogP contribution in [0.2, 0.25) is 0 Å². The van der Waals surface area contributed by atoms with Crippen LogP contribution in [-0.2, 0) is 18.3 Å². The van der Waals surface area contributed by atoms with E-state index in [-0.39, 0.29) is 11.0 Å². The van der Waals surface area contributed by atoms with E-state index in [1.54, 1.807) is 18.2 Å². The van der Waals surface area contributed by atoms with Gasteiger partial charge in [0.25, 0.3) is 0 Å². The number of nitrogens with zero attached hydrogens (tertiary/aromatic N) is 2. The average molecular weight is 395 g/mol. The molecule has 2 aromatic carbocycles. The van der Waals surface area contributed by atoms with Crippen LogP contribution in [0.1, 0.15) is 83.1 Å². The number of halogens is 1. The molecule has 0 spiro atoms. The van der Waals surface area contributed by atoms with Gasteiger partial charge >= 0.3 is 0 Å². The van der Waals surface area contributed by atoms with E-state index in [1.807, 2.05) is 20.8 Å². The molecule has 0 saturated heterocycles. The number of nitriles is 2. The standard InChI is InChI=1S/C15H21N.C9H8FN.C2H6/c1-4-7-13-8-10-14(11-9-13)15(5-2,6-3)12-16;1-2-7-3-4-9(10)8(5-7)6-11;1-2/h8-11H,4-7H2,1-3H3;3-5H,2H2,1H3;1-2H3.